The molecule has 0 spiro atoms. The van der Waals surface area contributed by atoms with Crippen molar-refractivity contribution in [1.29, 1.82) is 0 Å². The summed E-state index contributed by atoms with van der Waals surface area (Å²) in [6.45, 7) is 1.09. The summed E-state index contributed by atoms with van der Waals surface area (Å²) in [7, 11) is 0. The lowest BCUT2D eigenvalue weighted by Gasteiger charge is -2.12. The lowest BCUT2D eigenvalue weighted by Crippen LogP contribution is -2.23. The molecule has 37 heavy (non-hydrogen) atoms. The summed E-state index contributed by atoms with van der Waals surface area (Å²) >= 11 is 7.72. The Kier molecular flexibility index (Phi) is 6.68. The van der Waals surface area contributed by atoms with Gasteiger partial charge in [0, 0.05) is 45.3 Å². The number of furan rings is 1. The second-order valence-corrected chi connectivity index (χ2v) is 10.8. The summed E-state index contributed by atoms with van der Waals surface area (Å²) in [6.07, 6.45) is 9.84. The van der Waals surface area contributed by atoms with E-state index in [-0.39, 0.29) is 5.91 Å². The predicted molar refractivity (Wildman–Crippen MR) is 151 cm³/mol. The van der Waals surface area contributed by atoms with Gasteiger partial charge in [0.2, 0.25) is 0 Å². The molecular weight excluding hydrogens is 502 g/mol. The van der Waals surface area contributed by atoms with Crippen LogP contribution in [-0.4, -0.2) is 16.7 Å². The summed E-state index contributed by atoms with van der Waals surface area (Å²) in [5.41, 5.74) is 5.21. The Morgan fingerprint density at radius 3 is 2.76 bits per heavy atom. The van der Waals surface area contributed by atoms with Gasteiger partial charge in [-0.05, 0) is 67.1 Å². The molecule has 2 aromatic carbocycles. The first-order valence-electron chi connectivity index (χ1n) is 12.5. The molecule has 6 rings (SSSR count). The van der Waals surface area contributed by atoms with Gasteiger partial charge in [0.05, 0.1) is 18.4 Å². The number of halogens is 1. The molecule has 186 valence electrons. The van der Waals surface area contributed by atoms with E-state index in [4.69, 9.17) is 21.0 Å². The third kappa shape index (κ3) is 4.99. The van der Waals surface area contributed by atoms with Crippen LogP contribution >= 0.6 is 22.9 Å². The zero-order valence-electron chi connectivity index (χ0n) is 20.2. The van der Waals surface area contributed by atoms with Crippen LogP contribution in [0, 0.1) is 0 Å². The number of thiophene rings is 1. The molecule has 0 radical (unpaired) electrons. The van der Waals surface area contributed by atoms with Crippen LogP contribution in [-0.2, 0) is 25.9 Å². The fourth-order valence-corrected chi connectivity index (χ4v) is 6.33. The Morgan fingerprint density at radius 1 is 1.08 bits per heavy atom. The molecule has 0 unspecified atom stereocenters. The maximum atomic E-state index is 13.3. The first-order chi connectivity index (χ1) is 18.2. The van der Waals surface area contributed by atoms with Gasteiger partial charge in [0.25, 0.3) is 5.91 Å². The predicted octanol–water partition coefficient (Wildman–Crippen LogP) is 7.56. The lowest BCUT2D eigenvalue weighted by atomic mass is 9.95. The molecule has 0 saturated carbocycles. The number of rotatable bonds is 7. The van der Waals surface area contributed by atoms with Gasteiger partial charge in [0.15, 0.2) is 0 Å². The van der Waals surface area contributed by atoms with Crippen LogP contribution in [0.15, 0.2) is 82.5 Å². The monoisotopic (exact) mass is 527 g/mol. The molecule has 0 fully saturated rings. The first kappa shape index (κ1) is 23.8. The summed E-state index contributed by atoms with van der Waals surface area (Å²) in [5, 5.41) is 5.67. The lowest BCUT2D eigenvalue weighted by molar-refractivity contribution is 0.0948. The van der Waals surface area contributed by atoms with Gasteiger partial charge in [0.1, 0.15) is 10.8 Å². The molecule has 1 N–H and O–H groups in total. The van der Waals surface area contributed by atoms with Crippen LogP contribution in [0.2, 0.25) is 5.02 Å². The minimum absolute atomic E-state index is 0.0897. The van der Waals surface area contributed by atoms with E-state index in [1.54, 1.807) is 17.6 Å². The SMILES string of the molecule is O=C(NCc1ccco1)c1c(N=Cc2cn(Cc3ccc(Cl)cc3)c3ccccc23)sc2c1CCCC2. The Balaban J connectivity index is 1.33. The van der Waals surface area contributed by atoms with E-state index in [0.717, 1.165) is 70.0 Å². The van der Waals surface area contributed by atoms with E-state index >= 15 is 0 Å². The number of para-hydroxylation sites is 1. The standard InChI is InChI=1S/C30H26ClN3O2S/c31-22-13-11-20(12-14-22)18-34-19-21(24-7-1-3-9-26(24)34)16-33-30-28(25-8-2-4-10-27(25)37-30)29(35)32-17-23-6-5-15-36-23/h1,3,5-7,9,11-16,19H,2,4,8,10,17-18H2,(H,32,35). The number of hydrogen-bond acceptors (Lipinski definition) is 4. The first-order valence-corrected chi connectivity index (χ1v) is 13.7. The molecular formula is C30H26ClN3O2S. The molecule has 1 aliphatic carbocycles. The number of nitrogens with one attached hydrogen (secondary N) is 1. The number of aliphatic imine (C=N–C) groups is 1. The number of carbonyl (C=O) groups is 1. The minimum Gasteiger partial charge on any atom is -0.467 e. The van der Waals surface area contributed by atoms with E-state index < -0.39 is 0 Å². The van der Waals surface area contributed by atoms with E-state index in [1.165, 1.54) is 10.4 Å². The average Bonchev–Trinajstić information content (AvgIpc) is 3.65. The van der Waals surface area contributed by atoms with E-state index in [9.17, 15) is 4.79 Å². The number of aryl methyl sites for hydroxylation is 1. The van der Waals surface area contributed by atoms with Gasteiger partial charge in [-0.1, -0.05) is 41.9 Å². The van der Waals surface area contributed by atoms with Gasteiger partial charge in [-0.15, -0.1) is 11.3 Å². The molecule has 0 bridgehead atoms. The fourth-order valence-electron chi connectivity index (χ4n) is 4.97. The highest BCUT2D eigenvalue weighted by Crippen LogP contribution is 2.40. The third-order valence-electron chi connectivity index (χ3n) is 6.79. The van der Waals surface area contributed by atoms with Crippen molar-refractivity contribution in [2.75, 3.05) is 0 Å². The fraction of sp³-hybridized carbons (Fsp3) is 0.200. The molecule has 0 atom stereocenters. The zero-order chi connectivity index (χ0) is 25.2. The van der Waals surface area contributed by atoms with Crippen molar-refractivity contribution in [3.05, 3.63) is 111 Å². The molecule has 5 aromatic rings. The van der Waals surface area contributed by atoms with Gasteiger partial charge >= 0.3 is 0 Å². The highest BCUT2D eigenvalue weighted by atomic mass is 35.5. The van der Waals surface area contributed by atoms with Gasteiger partial charge in [-0.2, -0.15) is 0 Å². The number of hydrogen-bond donors (Lipinski definition) is 1. The van der Waals surface area contributed by atoms with Crippen LogP contribution in [0.4, 0.5) is 5.00 Å². The van der Waals surface area contributed by atoms with Crippen molar-refractivity contribution in [2.24, 2.45) is 4.99 Å². The van der Waals surface area contributed by atoms with Crippen molar-refractivity contribution >= 4 is 51.0 Å². The van der Waals surface area contributed by atoms with E-state index in [0.29, 0.717) is 12.1 Å². The molecule has 3 aromatic heterocycles. The topological polar surface area (TPSA) is 59.5 Å². The molecule has 5 nitrogen and oxygen atoms in total. The minimum atomic E-state index is -0.0897. The average molecular weight is 528 g/mol. The number of amides is 1. The molecule has 7 heteroatoms. The van der Waals surface area contributed by atoms with Gasteiger partial charge in [-0.25, -0.2) is 4.99 Å². The molecule has 0 aliphatic heterocycles. The highest BCUT2D eigenvalue weighted by Gasteiger charge is 2.25. The van der Waals surface area contributed by atoms with Crippen molar-refractivity contribution in [3.63, 3.8) is 0 Å². The van der Waals surface area contributed by atoms with Crippen LogP contribution in [0.3, 0.4) is 0 Å². The second kappa shape index (κ2) is 10.4. The normalized spacial score (nSPS) is 13.3. The Hall–Kier alpha value is -3.61. The maximum absolute atomic E-state index is 13.3. The van der Waals surface area contributed by atoms with Crippen molar-refractivity contribution in [3.8, 4) is 0 Å². The Bertz CT molecular complexity index is 1580. The van der Waals surface area contributed by atoms with Crippen LogP contribution in [0.25, 0.3) is 10.9 Å². The largest absolute Gasteiger partial charge is 0.467 e. The number of nitrogens with zero attached hydrogens (tertiary/aromatic N) is 2. The molecule has 0 saturated heterocycles. The van der Waals surface area contributed by atoms with Crippen LogP contribution in [0.1, 0.15) is 50.5 Å². The second-order valence-electron chi connectivity index (χ2n) is 9.27. The summed E-state index contributed by atoms with van der Waals surface area (Å²) in [6, 6.07) is 20.0. The molecule has 1 aliphatic rings. The van der Waals surface area contributed by atoms with E-state index in [2.05, 4.69) is 46.4 Å². The number of aromatic nitrogens is 1. The summed E-state index contributed by atoms with van der Waals surface area (Å²) in [4.78, 5) is 19.5. The maximum Gasteiger partial charge on any atom is 0.255 e. The van der Waals surface area contributed by atoms with E-state index in [1.807, 2.05) is 36.5 Å². The van der Waals surface area contributed by atoms with Crippen molar-refractivity contribution in [2.45, 2.75) is 38.8 Å². The van der Waals surface area contributed by atoms with Gasteiger partial charge < -0.3 is 14.3 Å². The Morgan fingerprint density at radius 2 is 1.92 bits per heavy atom. The summed E-state index contributed by atoms with van der Waals surface area (Å²) in [5.74, 6) is 0.643. The summed E-state index contributed by atoms with van der Waals surface area (Å²) < 4.78 is 7.62. The van der Waals surface area contributed by atoms with Crippen LogP contribution in [0.5, 0.6) is 0 Å². The highest BCUT2D eigenvalue weighted by molar-refractivity contribution is 7.16. The number of carbonyl (C=O) groups excluding carboxylic acids is 1. The molecule has 3 heterocycles. The van der Waals surface area contributed by atoms with Crippen LogP contribution < -0.4 is 5.32 Å². The third-order valence-corrected chi connectivity index (χ3v) is 8.24. The smallest absolute Gasteiger partial charge is 0.255 e. The van der Waals surface area contributed by atoms with Crippen molar-refractivity contribution < 1.29 is 9.21 Å². The number of fused-ring (bicyclic) bond motifs is 2. The Labute approximate surface area is 224 Å². The quantitative estimate of drug-likeness (QED) is 0.222. The van der Waals surface area contributed by atoms with Crippen molar-refractivity contribution in [1.82, 2.24) is 9.88 Å². The number of benzene rings is 2. The zero-order valence-corrected chi connectivity index (χ0v) is 21.8. The molecule has 1 amide bonds. The van der Waals surface area contributed by atoms with Gasteiger partial charge in [-0.3, -0.25) is 4.79 Å².